The highest BCUT2D eigenvalue weighted by molar-refractivity contribution is 6.00. The number of hydrogen-bond acceptors (Lipinski definition) is 1. The van der Waals surface area contributed by atoms with Crippen LogP contribution in [0.2, 0.25) is 0 Å². The molecule has 0 aromatic carbocycles. The van der Waals surface area contributed by atoms with Crippen LogP contribution in [0.5, 0.6) is 0 Å². The highest BCUT2D eigenvalue weighted by Gasteiger charge is 2.24. The summed E-state index contributed by atoms with van der Waals surface area (Å²) in [5.74, 6) is 1.33. The molecule has 0 aromatic heterocycles. The van der Waals surface area contributed by atoms with Crippen molar-refractivity contribution in [1.29, 1.82) is 0 Å². The minimum absolute atomic E-state index is 0.635. The Morgan fingerprint density at radius 3 is 2.69 bits per heavy atom. The number of allylic oxidation sites excluding steroid dienone is 3. The van der Waals surface area contributed by atoms with Crippen LogP contribution in [0.3, 0.4) is 0 Å². The van der Waals surface area contributed by atoms with Crippen molar-refractivity contribution in [2.45, 2.75) is 27.7 Å². The summed E-state index contributed by atoms with van der Waals surface area (Å²) >= 11 is 0. The normalized spacial score (nSPS) is 26.4. The molecule has 1 nitrogen and oxygen atoms in total. The molecule has 0 radical (unpaired) electrons. The smallest absolute Gasteiger partial charge is 0.0464 e. The van der Waals surface area contributed by atoms with E-state index in [0.717, 1.165) is 6.54 Å². The molecule has 1 unspecified atom stereocenters. The minimum Gasteiger partial charge on any atom is -0.289 e. The van der Waals surface area contributed by atoms with Gasteiger partial charge in [0.15, 0.2) is 0 Å². The summed E-state index contributed by atoms with van der Waals surface area (Å²) < 4.78 is 0. The minimum atomic E-state index is 0.635. The van der Waals surface area contributed by atoms with E-state index in [-0.39, 0.29) is 0 Å². The van der Waals surface area contributed by atoms with Gasteiger partial charge in [-0.25, -0.2) is 0 Å². The molecule has 72 valence electrons. The molecule has 0 saturated carbocycles. The van der Waals surface area contributed by atoms with Gasteiger partial charge in [0, 0.05) is 18.2 Å². The Balaban J connectivity index is 2.83. The van der Waals surface area contributed by atoms with Crippen LogP contribution >= 0.6 is 0 Å². The third kappa shape index (κ3) is 2.30. The maximum Gasteiger partial charge on any atom is 0.0464 e. The SMILES string of the molecule is CC=C/C=C1\C(C)=NCC1C(C)C. The standard InChI is InChI=1S/C12H19N/c1-5-6-7-11-10(4)13-8-12(11)9(2)3/h5-7,9,12H,8H2,1-4H3/b6-5?,11-7+. The molecule has 1 atom stereocenters. The van der Waals surface area contributed by atoms with Gasteiger partial charge in [0.2, 0.25) is 0 Å². The quantitative estimate of drug-likeness (QED) is 0.614. The van der Waals surface area contributed by atoms with Crippen molar-refractivity contribution < 1.29 is 0 Å². The second-order valence-corrected chi connectivity index (χ2v) is 3.92. The van der Waals surface area contributed by atoms with Crippen molar-refractivity contribution in [2.24, 2.45) is 16.8 Å². The summed E-state index contributed by atoms with van der Waals surface area (Å²) in [4.78, 5) is 4.49. The number of nitrogens with zero attached hydrogens (tertiary/aromatic N) is 1. The van der Waals surface area contributed by atoms with E-state index in [0.29, 0.717) is 11.8 Å². The first kappa shape index (κ1) is 10.2. The van der Waals surface area contributed by atoms with Crippen molar-refractivity contribution in [2.75, 3.05) is 6.54 Å². The van der Waals surface area contributed by atoms with Gasteiger partial charge in [0.1, 0.15) is 0 Å². The predicted octanol–water partition coefficient (Wildman–Crippen LogP) is 3.24. The van der Waals surface area contributed by atoms with Gasteiger partial charge in [-0.1, -0.05) is 32.1 Å². The van der Waals surface area contributed by atoms with Crippen LogP contribution in [0.25, 0.3) is 0 Å². The van der Waals surface area contributed by atoms with E-state index >= 15 is 0 Å². The van der Waals surface area contributed by atoms with Gasteiger partial charge in [0.25, 0.3) is 0 Å². The van der Waals surface area contributed by atoms with Gasteiger partial charge < -0.3 is 0 Å². The second kappa shape index (κ2) is 4.40. The van der Waals surface area contributed by atoms with Crippen LogP contribution in [0.4, 0.5) is 0 Å². The van der Waals surface area contributed by atoms with Gasteiger partial charge in [-0.2, -0.15) is 0 Å². The summed E-state index contributed by atoms with van der Waals surface area (Å²) in [5.41, 5.74) is 2.64. The fraction of sp³-hybridized carbons (Fsp3) is 0.583. The predicted molar refractivity (Wildman–Crippen MR) is 59.2 cm³/mol. The lowest BCUT2D eigenvalue weighted by Crippen LogP contribution is -2.12. The zero-order chi connectivity index (χ0) is 9.84. The zero-order valence-corrected chi connectivity index (χ0v) is 9.04. The molecule has 0 bridgehead atoms. The lowest BCUT2D eigenvalue weighted by molar-refractivity contribution is 0.478. The summed E-state index contributed by atoms with van der Waals surface area (Å²) in [6.07, 6.45) is 6.38. The van der Waals surface area contributed by atoms with E-state index in [1.54, 1.807) is 0 Å². The maximum atomic E-state index is 4.49. The number of aliphatic imine (C=N–C) groups is 1. The lowest BCUT2D eigenvalue weighted by Gasteiger charge is -2.15. The van der Waals surface area contributed by atoms with Crippen LogP contribution in [0, 0.1) is 11.8 Å². The van der Waals surface area contributed by atoms with Crippen molar-refractivity contribution in [3.63, 3.8) is 0 Å². The van der Waals surface area contributed by atoms with Crippen LogP contribution in [-0.4, -0.2) is 12.3 Å². The highest BCUT2D eigenvalue weighted by Crippen LogP contribution is 2.27. The van der Waals surface area contributed by atoms with E-state index in [2.05, 4.69) is 44.0 Å². The first-order chi connectivity index (χ1) is 6.16. The molecular formula is C12H19N. The van der Waals surface area contributed by atoms with Crippen LogP contribution in [0.1, 0.15) is 27.7 Å². The topological polar surface area (TPSA) is 12.4 Å². The zero-order valence-electron chi connectivity index (χ0n) is 9.04. The van der Waals surface area contributed by atoms with Crippen molar-refractivity contribution >= 4 is 5.71 Å². The van der Waals surface area contributed by atoms with Gasteiger partial charge in [-0.3, -0.25) is 4.99 Å². The molecule has 1 aliphatic rings. The van der Waals surface area contributed by atoms with E-state index in [1.165, 1.54) is 11.3 Å². The monoisotopic (exact) mass is 177 g/mol. The average molecular weight is 177 g/mol. The fourth-order valence-corrected chi connectivity index (χ4v) is 1.71. The van der Waals surface area contributed by atoms with Gasteiger partial charge >= 0.3 is 0 Å². The first-order valence-corrected chi connectivity index (χ1v) is 5.01. The van der Waals surface area contributed by atoms with E-state index in [1.807, 2.05) is 6.92 Å². The molecule has 1 heterocycles. The summed E-state index contributed by atoms with van der Waals surface area (Å²) in [7, 11) is 0. The molecule has 0 aromatic rings. The van der Waals surface area contributed by atoms with Gasteiger partial charge in [-0.15, -0.1) is 0 Å². The fourth-order valence-electron chi connectivity index (χ4n) is 1.71. The van der Waals surface area contributed by atoms with Gasteiger partial charge in [0.05, 0.1) is 0 Å². The summed E-state index contributed by atoms with van der Waals surface area (Å²) in [6, 6.07) is 0. The highest BCUT2D eigenvalue weighted by atomic mass is 14.8. The van der Waals surface area contributed by atoms with Crippen LogP contribution in [0.15, 0.2) is 28.8 Å². The molecule has 0 spiro atoms. The third-order valence-electron chi connectivity index (χ3n) is 2.62. The average Bonchev–Trinajstić information content (AvgIpc) is 2.43. The molecule has 0 saturated heterocycles. The lowest BCUT2D eigenvalue weighted by atomic mass is 9.88. The molecular weight excluding hydrogens is 158 g/mol. The molecule has 1 aliphatic heterocycles. The molecule has 0 amide bonds. The molecule has 13 heavy (non-hydrogen) atoms. The van der Waals surface area contributed by atoms with E-state index < -0.39 is 0 Å². The molecule has 0 aliphatic carbocycles. The van der Waals surface area contributed by atoms with Crippen molar-refractivity contribution in [3.05, 3.63) is 23.8 Å². The third-order valence-corrected chi connectivity index (χ3v) is 2.62. The van der Waals surface area contributed by atoms with E-state index in [4.69, 9.17) is 0 Å². The largest absolute Gasteiger partial charge is 0.289 e. The second-order valence-electron chi connectivity index (χ2n) is 3.92. The Hall–Kier alpha value is -0.850. The van der Waals surface area contributed by atoms with E-state index in [9.17, 15) is 0 Å². The molecule has 0 N–H and O–H groups in total. The Morgan fingerprint density at radius 1 is 1.46 bits per heavy atom. The summed E-state index contributed by atoms with van der Waals surface area (Å²) in [5, 5.41) is 0. The Labute approximate surface area is 81.3 Å². The molecule has 1 heteroatoms. The molecule has 0 fully saturated rings. The molecule has 1 rings (SSSR count). The van der Waals surface area contributed by atoms with Gasteiger partial charge in [-0.05, 0) is 25.3 Å². The van der Waals surface area contributed by atoms with Crippen molar-refractivity contribution in [1.82, 2.24) is 0 Å². The number of hydrogen-bond donors (Lipinski definition) is 0. The Morgan fingerprint density at radius 2 is 2.15 bits per heavy atom. The van der Waals surface area contributed by atoms with Crippen LogP contribution < -0.4 is 0 Å². The maximum absolute atomic E-state index is 4.49. The first-order valence-electron chi connectivity index (χ1n) is 5.01. The number of rotatable bonds is 2. The van der Waals surface area contributed by atoms with Crippen molar-refractivity contribution in [3.8, 4) is 0 Å². The Kier molecular flexibility index (Phi) is 3.47. The Bertz CT molecular complexity index is 256. The van der Waals surface area contributed by atoms with Crippen LogP contribution in [-0.2, 0) is 0 Å². The summed E-state index contributed by atoms with van der Waals surface area (Å²) in [6.45, 7) is 9.66.